The molecule has 0 saturated heterocycles. The normalized spacial score (nSPS) is 22.9. The third-order valence-corrected chi connectivity index (χ3v) is 4.12. The minimum atomic E-state index is -0.763. The minimum Gasteiger partial charge on any atom is -0.481 e. The second-order valence-electron chi connectivity index (χ2n) is 4.77. The second kappa shape index (κ2) is 5.65. The van der Waals surface area contributed by atoms with Gasteiger partial charge in [0.25, 0.3) is 0 Å². The highest BCUT2D eigenvalue weighted by molar-refractivity contribution is 9.10. The van der Waals surface area contributed by atoms with Gasteiger partial charge in [0.15, 0.2) is 5.78 Å². The molecule has 0 heterocycles. The van der Waals surface area contributed by atoms with Crippen LogP contribution in [0.4, 0.5) is 0 Å². The van der Waals surface area contributed by atoms with Gasteiger partial charge in [0.1, 0.15) is 0 Å². The van der Waals surface area contributed by atoms with Crippen LogP contribution in [0.5, 0.6) is 0 Å². The summed E-state index contributed by atoms with van der Waals surface area (Å²) >= 11 is 3.32. The Balaban J connectivity index is 2.03. The number of carboxylic acid groups (broad SMARTS) is 1. The van der Waals surface area contributed by atoms with E-state index in [0.717, 1.165) is 17.3 Å². The van der Waals surface area contributed by atoms with E-state index in [1.54, 1.807) is 12.1 Å². The van der Waals surface area contributed by atoms with Gasteiger partial charge in [-0.3, -0.25) is 9.59 Å². The topological polar surface area (TPSA) is 54.4 Å². The first kappa shape index (κ1) is 13.3. The predicted octanol–water partition coefficient (Wildman–Crippen LogP) is 3.52. The summed E-state index contributed by atoms with van der Waals surface area (Å²) in [7, 11) is 0. The van der Waals surface area contributed by atoms with E-state index < -0.39 is 5.97 Å². The van der Waals surface area contributed by atoms with Crippen LogP contribution in [0.1, 0.15) is 36.0 Å². The van der Waals surface area contributed by atoms with Gasteiger partial charge >= 0.3 is 5.97 Å². The van der Waals surface area contributed by atoms with Crippen molar-refractivity contribution in [3.63, 3.8) is 0 Å². The number of aliphatic carboxylic acids is 1. The van der Waals surface area contributed by atoms with E-state index in [0.29, 0.717) is 18.4 Å². The monoisotopic (exact) mass is 310 g/mol. The zero-order chi connectivity index (χ0) is 13.1. The molecule has 0 radical (unpaired) electrons. The van der Waals surface area contributed by atoms with Gasteiger partial charge in [0.2, 0.25) is 0 Å². The van der Waals surface area contributed by atoms with E-state index in [1.165, 1.54) is 0 Å². The Morgan fingerprint density at radius 2 is 1.89 bits per heavy atom. The Kier molecular flexibility index (Phi) is 4.17. The fraction of sp³-hybridized carbons (Fsp3) is 0.429. The van der Waals surface area contributed by atoms with Crippen LogP contribution in [-0.2, 0) is 4.79 Å². The highest BCUT2D eigenvalue weighted by Crippen LogP contribution is 2.35. The van der Waals surface area contributed by atoms with Crippen molar-refractivity contribution in [2.75, 3.05) is 0 Å². The molecule has 4 heteroatoms. The quantitative estimate of drug-likeness (QED) is 0.866. The third-order valence-electron chi connectivity index (χ3n) is 3.59. The largest absolute Gasteiger partial charge is 0.481 e. The standard InChI is InChI=1S/C14H15BrO3/c15-11-6-4-9(5-7-11)13(16)8-10-2-1-3-12(10)14(17)18/h4-7,10,12H,1-3,8H2,(H,17,18)/t10-,12+/m0/s1. The Bertz CT molecular complexity index is 453. The van der Waals surface area contributed by atoms with E-state index in [9.17, 15) is 9.59 Å². The molecule has 2 rings (SSSR count). The smallest absolute Gasteiger partial charge is 0.306 e. The van der Waals surface area contributed by atoms with Crippen LogP contribution < -0.4 is 0 Å². The van der Waals surface area contributed by atoms with Gasteiger partial charge in [0.05, 0.1) is 5.92 Å². The maximum absolute atomic E-state index is 12.1. The Hall–Kier alpha value is -1.16. The fourth-order valence-electron chi connectivity index (χ4n) is 2.60. The average molecular weight is 311 g/mol. The molecule has 0 bridgehead atoms. The van der Waals surface area contributed by atoms with Crippen LogP contribution in [0.25, 0.3) is 0 Å². The number of hydrogen-bond donors (Lipinski definition) is 1. The van der Waals surface area contributed by atoms with Crippen molar-refractivity contribution in [3.8, 4) is 0 Å². The molecule has 1 aromatic rings. The van der Waals surface area contributed by atoms with Gasteiger partial charge in [-0.2, -0.15) is 0 Å². The molecule has 1 aliphatic rings. The molecule has 2 atom stereocenters. The van der Waals surface area contributed by atoms with E-state index in [1.807, 2.05) is 12.1 Å². The van der Waals surface area contributed by atoms with E-state index >= 15 is 0 Å². The van der Waals surface area contributed by atoms with Crippen molar-refractivity contribution < 1.29 is 14.7 Å². The number of ketones is 1. The molecular weight excluding hydrogens is 296 g/mol. The highest BCUT2D eigenvalue weighted by Gasteiger charge is 2.34. The van der Waals surface area contributed by atoms with Crippen LogP contribution in [0.3, 0.4) is 0 Å². The zero-order valence-electron chi connectivity index (χ0n) is 9.93. The third kappa shape index (κ3) is 2.99. The van der Waals surface area contributed by atoms with Crippen molar-refractivity contribution in [2.24, 2.45) is 11.8 Å². The first-order valence-corrected chi connectivity index (χ1v) is 6.89. The molecule has 0 spiro atoms. The van der Waals surface area contributed by atoms with Gasteiger partial charge < -0.3 is 5.11 Å². The highest BCUT2D eigenvalue weighted by atomic mass is 79.9. The summed E-state index contributed by atoms with van der Waals surface area (Å²) in [4.78, 5) is 23.1. The number of hydrogen-bond acceptors (Lipinski definition) is 2. The van der Waals surface area contributed by atoms with Crippen molar-refractivity contribution >= 4 is 27.7 Å². The number of Topliss-reactive ketones (excluding diaryl/α,β-unsaturated/α-hetero) is 1. The molecule has 1 saturated carbocycles. The lowest BCUT2D eigenvalue weighted by Crippen LogP contribution is -2.20. The lowest BCUT2D eigenvalue weighted by molar-refractivity contribution is -0.142. The first-order chi connectivity index (χ1) is 8.58. The van der Waals surface area contributed by atoms with Crippen LogP contribution in [0.2, 0.25) is 0 Å². The van der Waals surface area contributed by atoms with Gasteiger partial charge in [-0.1, -0.05) is 34.5 Å². The maximum Gasteiger partial charge on any atom is 0.306 e. The summed E-state index contributed by atoms with van der Waals surface area (Å²) < 4.78 is 0.934. The number of rotatable bonds is 4. The van der Waals surface area contributed by atoms with Crippen LogP contribution >= 0.6 is 15.9 Å². The van der Waals surface area contributed by atoms with Crippen molar-refractivity contribution in [2.45, 2.75) is 25.7 Å². The molecule has 18 heavy (non-hydrogen) atoms. The first-order valence-electron chi connectivity index (χ1n) is 6.09. The number of carbonyl (C=O) groups is 2. The summed E-state index contributed by atoms with van der Waals surface area (Å²) in [5.41, 5.74) is 0.661. The minimum absolute atomic E-state index is 0.00125. The molecule has 1 N–H and O–H groups in total. The van der Waals surface area contributed by atoms with E-state index in [-0.39, 0.29) is 17.6 Å². The summed E-state index contributed by atoms with van der Waals surface area (Å²) in [6.07, 6.45) is 2.81. The van der Waals surface area contributed by atoms with Gasteiger partial charge in [0, 0.05) is 16.5 Å². The van der Waals surface area contributed by atoms with Crippen molar-refractivity contribution in [1.29, 1.82) is 0 Å². The molecule has 3 nitrogen and oxygen atoms in total. The Morgan fingerprint density at radius 3 is 2.50 bits per heavy atom. The molecule has 1 aliphatic carbocycles. The predicted molar refractivity (Wildman–Crippen MR) is 71.6 cm³/mol. The summed E-state index contributed by atoms with van der Waals surface area (Å²) in [6.45, 7) is 0. The van der Waals surface area contributed by atoms with E-state index in [2.05, 4.69) is 15.9 Å². The molecule has 1 fully saturated rings. The van der Waals surface area contributed by atoms with Crippen molar-refractivity contribution in [1.82, 2.24) is 0 Å². The molecule has 0 aromatic heterocycles. The summed E-state index contributed by atoms with van der Waals surface area (Å²) in [5.74, 6) is -1.06. The van der Waals surface area contributed by atoms with Gasteiger partial charge in [-0.05, 0) is 30.9 Å². The lowest BCUT2D eigenvalue weighted by Gasteiger charge is -2.14. The number of carboxylic acids is 1. The maximum atomic E-state index is 12.1. The van der Waals surface area contributed by atoms with Crippen LogP contribution in [0.15, 0.2) is 28.7 Å². The van der Waals surface area contributed by atoms with Gasteiger partial charge in [-0.15, -0.1) is 0 Å². The molecule has 96 valence electrons. The van der Waals surface area contributed by atoms with Crippen molar-refractivity contribution in [3.05, 3.63) is 34.3 Å². The molecule has 1 aromatic carbocycles. The number of halogens is 1. The lowest BCUT2D eigenvalue weighted by atomic mass is 9.89. The fourth-order valence-corrected chi connectivity index (χ4v) is 2.86. The number of carbonyl (C=O) groups excluding carboxylic acids is 1. The van der Waals surface area contributed by atoms with E-state index in [4.69, 9.17) is 5.11 Å². The van der Waals surface area contributed by atoms with Crippen LogP contribution in [-0.4, -0.2) is 16.9 Å². The van der Waals surface area contributed by atoms with Crippen LogP contribution in [0, 0.1) is 11.8 Å². The van der Waals surface area contributed by atoms with Gasteiger partial charge in [-0.25, -0.2) is 0 Å². The average Bonchev–Trinajstić information content (AvgIpc) is 2.78. The summed E-state index contributed by atoms with van der Waals surface area (Å²) in [5, 5.41) is 9.09. The molecular formula is C14H15BrO3. The second-order valence-corrected chi connectivity index (χ2v) is 5.69. The Morgan fingerprint density at radius 1 is 1.22 bits per heavy atom. The Labute approximate surface area is 114 Å². The zero-order valence-corrected chi connectivity index (χ0v) is 11.5. The molecule has 0 aliphatic heterocycles. The molecule has 0 unspecified atom stereocenters. The summed E-state index contributed by atoms with van der Waals surface area (Å²) in [6, 6.07) is 7.21. The number of benzene rings is 1. The molecule has 0 amide bonds. The SMILES string of the molecule is O=C(C[C@@H]1CCC[C@H]1C(=O)O)c1ccc(Br)cc1.